The van der Waals surface area contributed by atoms with E-state index in [0.29, 0.717) is 12.1 Å². The highest BCUT2D eigenvalue weighted by Crippen LogP contribution is 2.14. The lowest BCUT2D eigenvalue weighted by molar-refractivity contribution is -0.0320. The molecule has 2 saturated heterocycles. The normalized spacial score (nSPS) is 24.0. The van der Waals surface area contributed by atoms with Gasteiger partial charge in [0.1, 0.15) is 0 Å². The van der Waals surface area contributed by atoms with Crippen LogP contribution in [0.1, 0.15) is 32.3 Å². The largest absolute Gasteiger partial charge is 0.374 e. The van der Waals surface area contributed by atoms with Crippen molar-refractivity contribution >= 4 is 0 Å². The molecule has 4 nitrogen and oxygen atoms in total. The highest BCUT2D eigenvalue weighted by molar-refractivity contribution is 5.14. The summed E-state index contributed by atoms with van der Waals surface area (Å²) >= 11 is 0. The van der Waals surface area contributed by atoms with Crippen LogP contribution in [-0.2, 0) is 11.3 Å². The summed E-state index contributed by atoms with van der Waals surface area (Å²) in [5.74, 6) is 0.737. The van der Waals surface area contributed by atoms with Crippen LogP contribution in [0.4, 0.5) is 0 Å². The first-order valence-corrected chi connectivity index (χ1v) is 10.0. The maximum Gasteiger partial charge on any atom is 0.0826 e. The Morgan fingerprint density at radius 1 is 1.08 bits per heavy atom. The predicted octanol–water partition coefficient (Wildman–Crippen LogP) is 2.60. The fraction of sp³-hybridized carbons (Fsp3) is 0.714. The molecule has 2 fully saturated rings. The third kappa shape index (κ3) is 6.37. The van der Waals surface area contributed by atoms with Crippen molar-refractivity contribution in [2.24, 2.45) is 5.92 Å². The van der Waals surface area contributed by atoms with Gasteiger partial charge in [0.25, 0.3) is 0 Å². The Balaban J connectivity index is 1.34. The molecule has 3 rings (SSSR count). The second-order valence-corrected chi connectivity index (χ2v) is 8.09. The first kappa shape index (κ1) is 18.8. The Bertz CT molecular complexity index is 485. The van der Waals surface area contributed by atoms with Gasteiger partial charge in [-0.1, -0.05) is 44.2 Å². The molecule has 0 aliphatic carbocycles. The minimum atomic E-state index is 0.356. The maximum absolute atomic E-state index is 5.97. The average molecular weight is 346 g/mol. The van der Waals surface area contributed by atoms with E-state index in [-0.39, 0.29) is 0 Å². The number of benzene rings is 1. The quantitative estimate of drug-likeness (QED) is 0.822. The van der Waals surface area contributed by atoms with Gasteiger partial charge in [-0.05, 0) is 37.4 Å². The second kappa shape index (κ2) is 9.67. The number of hydrogen-bond donors (Lipinski definition) is 1. The first-order valence-electron chi connectivity index (χ1n) is 10.0. The first-order chi connectivity index (χ1) is 12.2. The number of likely N-dealkylation sites (tertiary alicyclic amines) is 1. The van der Waals surface area contributed by atoms with Gasteiger partial charge in [0, 0.05) is 38.8 Å². The van der Waals surface area contributed by atoms with Crippen LogP contribution in [0, 0.1) is 5.92 Å². The van der Waals surface area contributed by atoms with E-state index in [2.05, 4.69) is 59.3 Å². The van der Waals surface area contributed by atoms with Crippen LogP contribution in [0.2, 0.25) is 0 Å². The Hall–Kier alpha value is -0.940. The summed E-state index contributed by atoms with van der Waals surface area (Å²) in [6.07, 6.45) is 2.85. The van der Waals surface area contributed by atoms with Crippen molar-refractivity contribution in [1.82, 2.24) is 15.1 Å². The minimum Gasteiger partial charge on any atom is -0.374 e. The molecule has 0 saturated carbocycles. The van der Waals surface area contributed by atoms with Gasteiger partial charge < -0.3 is 10.1 Å². The molecule has 2 aliphatic rings. The number of ether oxygens (including phenoxy) is 1. The molecular weight excluding hydrogens is 310 g/mol. The van der Waals surface area contributed by atoms with Crippen LogP contribution in [0.15, 0.2) is 30.3 Å². The van der Waals surface area contributed by atoms with E-state index in [0.717, 1.165) is 38.7 Å². The molecule has 2 heterocycles. The van der Waals surface area contributed by atoms with Gasteiger partial charge in [-0.3, -0.25) is 9.80 Å². The fourth-order valence-corrected chi connectivity index (χ4v) is 4.02. The molecule has 2 aliphatic heterocycles. The Kier molecular flexibility index (Phi) is 7.29. The van der Waals surface area contributed by atoms with Crippen LogP contribution in [0.5, 0.6) is 0 Å². The van der Waals surface area contributed by atoms with Crippen LogP contribution >= 0.6 is 0 Å². The molecule has 1 aromatic rings. The number of nitrogens with one attached hydrogen (secondary N) is 1. The average Bonchev–Trinajstić information content (AvgIpc) is 2.62. The van der Waals surface area contributed by atoms with Gasteiger partial charge in [-0.25, -0.2) is 0 Å². The Labute approximate surface area is 153 Å². The lowest BCUT2D eigenvalue weighted by atomic mass is 10.0. The number of nitrogens with zero attached hydrogens (tertiary/aromatic N) is 2. The van der Waals surface area contributed by atoms with Gasteiger partial charge in [-0.2, -0.15) is 0 Å². The molecule has 0 unspecified atom stereocenters. The van der Waals surface area contributed by atoms with E-state index in [4.69, 9.17) is 4.74 Å². The van der Waals surface area contributed by atoms with Crippen LogP contribution < -0.4 is 5.32 Å². The predicted molar refractivity (Wildman–Crippen MR) is 104 cm³/mol. The molecule has 0 bridgehead atoms. The molecule has 1 aromatic carbocycles. The monoisotopic (exact) mass is 345 g/mol. The van der Waals surface area contributed by atoms with Crippen molar-refractivity contribution in [3.8, 4) is 0 Å². The number of rotatable bonds is 7. The summed E-state index contributed by atoms with van der Waals surface area (Å²) in [6, 6.07) is 11.5. The van der Waals surface area contributed by atoms with Gasteiger partial charge in [-0.15, -0.1) is 0 Å². The third-order valence-electron chi connectivity index (χ3n) is 5.32. The second-order valence-electron chi connectivity index (χ2n) is 8.09. The summed E-state index contributed by atoms with van der Waals surface area (Å²) in [7, 11) is 0. The van der Waals surface area contributed by atoms with Crippen molar-refractivity contribution in [2.75, 3.05) is 45.9 Å². The maximum atomic E-state index is 5.97. The molecule has 140 valence electrons. The molecule has 1 N–H and O–H groups in total. The summed E-state index contributed by atoms with van der Waals surface area (Å²) in [5.41, 5.74) is 1.43. The highest BCUT2D eigenvalue weighted by Gasteiger charge is 2.23. The van der Waals surface area contributed by atoms with E-state index in [1.165, 1.54) is 38.0 Å². The van der Waals surface area contributed by atoms with Crippen molar-refractivity contribution in [3.05, 3.63) is 35.9 Å². The zero-order valence-corrected chi connectivity index (χ0v) is 16.0. The van der Waals surface area contributed by atoms with Crippen molar-refractivity contribution < 1.29 is 4.74 Å². The summed E-state index contributed by atoms with van der Waals surface area (Å²) in [6.45, 7) is 13.3. The van der Waals surface area contributed by atoms with E-state index in [1.54, 1.807) is 0 Å². The standard InChI is InChI=1S/C21H35N3O/c1-18(2)15-24-12-13-25-21(17-24)14-22-20-8-10-23(11-9-20)16-19-6-4-3-5-7-19/h3-7,18,20-22H,8-17H2,1-2H3/t21-/m0/s1. The van der Waals surface area contributed by atoms with E-state index < -0.39 is 0 Å². The third-order valence-corrected chi connectivity index (χ3v) is 5.32. The SMILES string of the molecule is CC(C)CN1CCO[C@@H](CNC2CCN(Cc3ccccc3)CC2)C1. The van der Waals surface area contributed by atoms with Crippen molar-refractivity contribution in [1.29, 1.82) is 0 Å². The summed E-state index contributed by atoms with van der Waals surface area (Å²) in [4.78, 5) is 5.14. The van der Waals surface area contributed by atoms with Gasteiger partial charge in [0.2, 0.25) is 0 Å². The van der Waals surface area contributed by atoms with Gasteiger partial charge in [0.15, 0.2) is 0 Å². The summed E-state index contributed by atoms with van der Waals surface area (Å²) < 4.78 is 5.97. The lowest BCUT2D eigenvalue weighted by Crippen LogP contribution is -2.50. The number of morpholine rings is 1. The Morgan fingerprint density at radius 2 is 1.84 bits per heavy atom. The van der Waals surface area contributed by atoms with E-state index >= 15 is 0 Å². The van der Waals surface area contributed by atoms with Crippen LogP contribution in [0.3, 0.4) is 0 Å². The minimum absolute atomic E-state index is 0.356. The Morgan fingerprint density at radius 3 is 2.56 bits per heavy atom. The fourth-order valence-electron chi connectivity index (χ4n) is 4.02. The molecule has 0 radical (unpaired) electrons. The molecule has 4 heteroatoms. The molecule has 25 heavy (non-hydrogen) atoms. The number of piperidine rings is 1. The molecule has 0 aromatic heterocycles. The molecule has 0 spiro atoms. The number of hydrogen-bond acceptors (Lipinski definition) is 4. The summed E-state index contributed by atoms with van der Waals surface area (Å²) in [5, 5.41) is 3.77. The molecular formula is C21H35N3O. The molecule has 0 amide bonds. The molecule has 1 atom stereocenters. The topological polar surface area (TPSA) is 27.7 Å². The highest BCUT2D eigenvalue weighted by atomic mass is 16.5. The smallest absolute Gasteiger partial charge is 0.0826 e. The zero-order valence-electron chi connectivity index (χ0n) is 16.0. The van der Waals surface area contributed by atoms with Crippen LogP contribution in [0.25, 0.3) is 0 Å². The van der Waals surface area contributed by atoms with Crippen LogP contribution in [-0.4, -0.2) is 67.8 Å². The van der Waals surface area contributed by atoms with Crippen molar-refractivity contribution in [2.45, 2.75) is 45.4 Å². The van der Waals surface area contributed by atoms with E-state index in [9.17, 15) is 0 Å². The lowest BCUT2D eigenvalue weighted by Gasteiger charge is -2.36. The van der Waals surface area contributed by atoms with E-state index in [1.807, 2.05) is 0 Å². The van der Waals surface area contributed by atoms with Gasteiger partial charge in [0.05, 0.1) is 12.7 Å². The zero-order chi connectivity index (χ0) is 17.5. The van der Waals surface area contributed by atoms with Crippen molar-refractivity contribution in [3.63, 3.8) is 0 Å². The van der Waals surface area contributed by atoms with Gasteiger partial charge >= 0.3 is 0 Å².